The molecule has 5 nitrogen and oxygen atoms in total. The Morgan fingerprint density at radius 3 is 2.87 bits per heavy atom. The Labute approximate surface area is 92.9 Å². The van der Waals surface area contributed by atoms with E-state index in [0.29, 0.717) is 5.56 Å². The molecule has 0 saturated carbocycles. The van der Waals surface area contributed by atoms with Gasteiger partial charge < -0.3 is 9.63 Å². The Bertz CT molecular complexity index is 510. The topological polar surface area (TPSA) is 76.2 Å². The first kappa shape index (κ1) is 9.85. The van der Waals surface area contributed by atoms with Gasteiger partial charge in [0.05, 0.1) is 0 Å². The van der Waals surface area contributed by atoms with Gasteiger partial charge in [0.2, 0.25) is 5.82 Å². The molecular weight excluding hydrogens is 264 g/mol. The van der Waals surface area contributed by atoms with Crippen LogP contribution in [0, 0.1) is 0 Å². The van der Waals surface area contributed by atoms with Crippen LogP contribution in [0.4, 0.5) is 0 Å². The second-order valence-corrected chi connectivity index (χ2v) is 3.65. The SMILES string of the molecule is O=C(O)c1nc(-c2cccc(Br)c2)no1. The Morgan fingerprint density at radius 1 is 1.47 bits per heavy atom. The minimum Gasteiger partial charge on any atom is -0.474 e. The lowest BCUT2D eigenvalue weighted by molar-refractivity contribution is 0.0643. The van der Waals surface area contributed by atoms with Crippen LogP contribution >= 0.6 is 15.9 Å². The van der Waals surface area contributed by atoms with Crippen molar-refractivity contribution >= 4 is 21.9 Å². The first-order valence-corrected chi connectivity index (χ1v) is 4.79. The van der Waals surface area contributed by atoms with Gasteiger partial charge in [-0.2, -0.15) is 4.98 Å². The molecule has 2 aromatic rings. The average Bonchev–Trinajstić information content (AvgIpc) is 2.66. The van der Waals surface area contributed by atoms with Crippen molar-refractivity contribution in [3.05, 3.63) is 34.6 Å². The van der Waals surface area contributed by atoms with E-state index in [1.807, 2.05) is 6.07 Å². The molecule has 0 spiro atoms. The Hall–Kier alpha value is -1.69. The van der Waals surface area contributed by atoms with Crippen molar-refractivity contribution in [2.24, 2.45) is 0 Å². The predicted octanol–water partition coefficient (Wildman–Crippen LogP) is 2.20. The quantitative estimate of drug-likeness (QED) is 0.904. The average molecular weight is 269 g/mol. The van der Waals surface area contributed by atoms with E-state index in [0.717, 1.165) is 4.47 Å². The first-order valence-electron chi connectivity index (χ1n) is 4.00. The maximum atomic E-state index is 10.5. The molecule has 76 valence electrons. The van der Waals surface area contributed by atoms with Gasteiger partial charge in [0.1, 0.15) is 0 Å². The lowest BCUT2D eigenvalue weighted by Crippen LogP contribution is -1.95. The summed E-state index contributed by atoms with van der Waals surface area (Å²) in [7, 11) is 0. The minimum absolute atomic E-state index is 0.258. The van der Waals surface area contributed by atoms with Crippen LogP contribution in [0.15, 0.2) is 33.3 Å². The molecule has 0 bridgehead atoms. The molecule has 0 fully saturated rings. The van der Waals surface area contributed by atoms with Gasteiger partial charge in [0.25, 0.3) is 0 Å². The highest BCUT2D eigenvalue weighted by Gasteiger charge is 2.14. The fraction of sp³-hybridized carbons (Fsp3) is 0. The van der Waals surface area contributed by atoms with Crippen LogP contribution in [-0.4, -0.2) is 21.2 Å². The van der Waals surface area contributed by atoms with E-state index in [1.165, 1.54) is 0 Å². The summed E-state index contributed by atoms with van der Waals surface area (Å²) in [5, 5.41) is 12.2. The smallest absolute Gasteiger partial charge is 0.394 e. The molecule has 0 radical (unpaired) electrons. The van der Waals surface area contributed by atoms with Crippen LogP contribution in [0.3, 0.4) is 0 Å². The van der Waals surface area contributed by atoms with E-state index < -0.39 is 11.9 Å². The third kappa shape index (κ3) is 2.04. The maximum Gasteiger partial charge on any atom is 0.394 e. The van der Waals surface area contributed by atoms with Crippen molar-refractivity contribution < 1.29 is 14.4 Å². The largest absolute Gasteiger partial charge is 0.474 e. The Morgan fingerprint density at radius 2 is 2.27 bits per heavy atom. The fourth-order valence-electron chi connectivity index (χ4n) is 1.06. The summed E-state index contributed by atoms with van der Waals surface area (Å²) in [5.74, 6) is -1.39. The zero-order chi connectivity index (χ0) is 10.8. The number of rotatable bonds is 2. The number of hydrogen-bond donors (Lipinski definition) is 1. The fourth-order valence-corrected chi connectivity index (χ4v) is 1.45. The summed E-state index contributed by atoms with van der Waals surface area (Å²) in [6, 6.07) is 7.19. The summed E-state index contributed by atoms with van der Waals surface area (Å²) in [5.41, 5.74) is 0.695. The first-order chi connectivity index (χ1) is 7.16. The third-order valence-electron chi connectivity index (χ3n) is 1.69. The Balaban J connectivity index is 2.41. The third-order valence-corrected chi connectivity index (χ3v) is 2.19. The summed E-state index contributed by atoms with van der Waals surface area (Å²) in [6.45, 7) is 0. The van der Waals surface area contributed by atoms with Crippen molar-refractivity contribution in [2.75, 3.05) is 0 Å². The standard InChI is InChI=1S/C9H5BrN2O3/c10-6-3-1-2-5(4-6)7-11-8(9(13)14)15-12-7/h1-4H,(H,13,14). The van der Waals surface area contributed by atoms with E-state index in [9.17, 15) is 4.79 Å². The lowest BCUT2D eigenvalue weighted by Gasteiger charge is -1.93. The van der Waals surface area contributed by atoms with Crippen LogP contribution in [0.5, 0.6) is 0 Å². The van der Waals surface area contributed by atoms with E-state index >= 15 is 0 Å². The molecule has 0 atom stereocenters. The summed E-state index contributed by atoms with van der Waals surface area (Å²) >= 11 is 3.29. The molecule has 0 unspecified atom stereocenters. The van der Waals surface area contributed by atoms with Crippen molar-refractivity contribution in [1.29, 1.82) is 0 Å². The van der Waals surface area contributed by atoms with Gasteiger partial charge in [0, 0.05) is 10.0 Å². The molecule has 15 heavy (non-hydrogen) atoms. The molecule has 6 heteroatoms. The number of carboxylic acid groups (broad SMARTS) is 1. The summed E-state index contributed by atoms with van der Waals surface area (Å²) in [4.78, 5) is 14.2. The molecule has 1 N–H and O–H groups in total. The predicted molar refractivity (Wildman–Crippen MR) is 54.4 cm³/mol. The highest BCUT2D eigenvalue weighted by Crippen LogP contribution is 2.20. The molecule has 0 aliphatic rings. The maximum absolute atomic E-state index is 10.5. The molecular formula is C9H5BrN2O3. The normalized spacial score (nSPS) is 10.2. The molecule has 0 aliphatic heterocycles. The Kier molecular flexibility index (Phi) is 2.51. The van der Waals surface area contributed by atoms with Crippen LogP contribution in [0.25, 0.3) is 11.4 Å². The molecule has 0 saturated heterocycles. The van der Waals surface area contributed by atoms with Crippen LogP contribution < -0.4 is 0 Å². The van der Waals surface area contributed by atoms with Gasteiger partial charge in [-0.25, -0.2) is 4.79 Å². The number of benzene rings is 1. The van der Waals surface area contributed by atoms with Crippen molar-refractivity contribution in [1.82, 2.24) is 10.1 Å². The second kappa shape index (κ2) is 3.82. The molecule has 0 aliphatic carbocycles. The molecule has 2 rings (SSSR count). The zero-order valence-electron chi connectivity index (χ0n) is 7.35. The molecule has 1 aromatic heterocycles. The molecule has 0 amide bonds. The van der Waals surface area contributed by atoms with Crippen LogP contribution in [0.2, 0.25) is 0 Å². The lowest BCUT2D eigenvalue weighted by atomic mass is 10.2. The highest BCUT2D eigenvalue weighted by molar-refractivity contribution is 9.10. The van der Waals surface area contributed by atoms with Gasteiger partial charge in [0.15, 0.2) is 0 Å². The molecule has 1 aromatic carbocycles. The number of aromatic nitrogens is 2. The van der Waals surface area contributed by atoms with Crippen molar-refractivity contribution in [2.45, 2.75) is 0 Å². The summed E-state index contributed by atoms with van der Waals surface area (Å²) < 4.78 is 5.41. The van der Waals surface area contributed by atoms with Crippen molar-refractivity contribution in [3.63, 3.8) is 0 Å². The number of aromatic carboxylic acids is 1. The van der Waals surface area contributed by atoms with Crippen LogP contribution in [-0.2, 0) is 0 Å². The van der Waals surface area contributed by atoms with Gasteiger partial charge in [-0.1, -0.05) is 33.2 Å². The second-order valence-electron chi connectivity index (χ2n) is 2.74. The number of hydrogen-bond acceptors (Lipinski definition) is 4. The molecule has 1 heterocycles. The van der Waals surface area contributed by atoms with Gasteiger partial charge >= 0.3 is 11.9 Å². The monoisotopic (exact) mass is 268 g/mol. The number of carbonyl (C=O) groups is 1. The number of halogens is 1. The zero-order valence-corrected chi connectivity index (χ0v) is 8.93. The van der Waals surface area contributed by atoms with Gasteiger partial charge in [-0.3, -0.25) is 0 Å². The highest BCUT2D eigenvalue weighted by atomic mass is 79.9. The van der Waals surface area contributed by atoms with E-state index in [1.54, 1.807) is 18.2 Å². The summed E-state index contributed by atoms with van der Waals surface area (Å²) in [6.07, 6.45) is 0. The number of carboxylic acids is 1. The number of nitrogens with zero attached hydrogens (tertiary/aromatic N) is 2. The van der Waals surface area contributed by atoms with E-state index in [4.69, 9.17) is 5.11 Å². The minimum atomic E-state index is -1.23. The van der Waals surface area contributed by atoms with E-state index in [-0.39, 0.29) is 5.82 Å². The van der Waals surface area contributed by atoms with Crippen molar-refractivity contribution in [3.8, 4) is 11.4 Å². The van der Waals surface area contributed by atoms with Gasteiger partial charge in [-0.15, -0.1) is 0 Å². The van der Waals surface area contributed by atoms with Crippen LogP contribution in [0.1, 0.15) is 10.7 Å². The van der Waals surface area contributed by atoms with Gasteiger partial charge in [-0.05, 0) is 12.1 Å². The van der Waals surface area contributed by atoms with E-state index in [2.05, 4.69) is 30.6 Å².